The van der Waals surface area contributed by atoms with Gasteiger partial charge in [-0.1, -0.05) is 6.92 Å². The van der Waals surface area contributed by atoms with Crippen LogP contribution in [0.25, 0.3) is 11.6 Å². The van der Waals surface area contributed by atoms with E-state index in [4.69, 9.17) is 9.52 Å². The van der Waals surface area contributed by atoms with Gasteiger partial charge in [-0.3, -0.25) is 4.79 Å². The Morgan fingerprint density at radius 2 is 2.11 bits per heavy atom. The molecule has 0 radical (unpaired) electrons. The molecule has 2 rings (SSSR count). The maximum absolute atomic E-state index is 11.2. The Morgan fingerprint density at radius 3 is 2.63 bits per heavy atom. The number of hydrogen-bond acceptors (Lipinski definition) is 5. The van der Waals surface area contributed by atoms with E-state index in [2.05, 4.69) is 10.2 Å². The largest absolute Gasteiger partial charge is 0.419 e. The number of aldehydes is 1. The zero-order chi connectivity index (χ0) is 14.0. The molecule has 6 heteroatoms. The number of carbonyl (C=O) groups excluding carboxylic acids is 1. The molecule has 0 aromatic carbocycles. The van der Waals surface area contributed by atoms with Gasteiger partial charge in [0.15, 0.2) is 6.29 Å². The first-order valence-electron chi connectivity index (χ1n) is 6.22. The summed E-state index contributed by atoms with van der Waals surface area (Å²) in [5, 5.41) is 17.1. The molecule has 1 N–H and O–H groups in total. The first-order chi connectivity index (χ1) is 9.13. The third-order valence-electron chi connectivity index (χ3n) is 3.24. The molecule has 2 aromatic heterocycles. The molecule has 2 aromatic rings. The van der Waals surface area contributed by atoms with E-state index in [0.29, 0.717) is 36.0 Å². The Balaban J connectivity index is 2.63. The lowest BCUT2D eigenvalue weighted by atomic mass is 10.1. The fourth-order valence-corrected chi connectivity index (χ4v) is 2.24. The summed E-state index contributed by atoms with van der Waals surface area (Å²) in [7, 11) is 0. The predicted molar refractivity (Wildman–Crippen MR) is 69.0 cm³/mol. The molecular weight excluding hydrogens is 246 g/mol. The Kier molecular flexibility index (Phi) is 3.80. The molecule has 0 aliphatic heterocycles. The molecular formula is C13H17N3O3. The zero-order valence-electron chi connectivity index (χ0n) is 11.3. The number of aromatic nitrogens is 3. The van der Waals surface area contributed by atoms with Crippen molar-refractivity contribution >= 4 is 6.29 Å². The molecule has 0 fully saturated rings. The fourth-order valence-electron chi connectivity index (χ4n) is 2.24. The van der Waals surface area contributed by atoms with Crippen LogP contribution in [0.2, 0.25) is 0 Å². The fraction of sp³-hybridized carbons (Fsp3) is 0.462. The van der Waals surface area contributed by atoms with E-state index in [1.54, 1.807) is 0 Å². The predicted octanol–water partition coefficient (Wildman–Crippen LogP) is 1.52. The quantitative estimate of drug-likeness (QED) is 0.827. The molecule has 0 atom stereocenters. The normalized spacial score (nSPS) is 10.9. The first kappa shape index (κ1) is 13.5. The van der Waals surface area contributed by atoms with E-state index in [0.717, 1.165) is 17.5 Å². The second kappa shape index (κ2) is 5.36. The minimum atomic E-state index is -0.0188. The Morgan fingerprint density at radius 1 is 1.37 bits per heavy atom. The highest BCUT2D eigenvalue weighted by Gasteiger charge is 2.22. The first-order valence-corrected chi connectivity index (χ1v) is 6.22. The van der Waals surface area contributed by atoms with Gasteiger partial charge in [0.2, 0.25) is 5.89 Å². The molecule has 102 valence electrons. The van der Waals surface area contributed by atoms with Crippen molar-refractivity contribution in [1.82, 2.24) is 14.8 Å². The number of rotatable bonds is 5. The minimum Gasteiger partial charge on any atom is -0.419 e. The van der Waals surface area contributed by atoms with Crippen LogP contribution in [-0.4, -0.2) is 32.8 Å². The van der Waals surface area contributed by atoms with Crippen LogP contribution in [0.1, 0.15) is 34.4 Å². The van der Waals surface area contributed by atoms with Crippen molar-refractivity contribution < 1.29 is 14.3 Å². The van der Waals surface area contributed by atoms with Gasteiger partial charge in [-0.2, -0.15) is 0 Å². The maximum atomic E-state index is 11.2. The summed E-state index contributed by atoms with van der Waals surface area (Å²) in [6.07, 6.45) is 1.48. The smallest absolute Gasteiger partial charge is 0.264 e. The number of aliphatic hydroxyl groups is 1. The van der Waals surface area contributed by atoms with E-state index >= 15 is 0 Å². The Bertz CT molecular complexity index is 599. The van der Waals surface area contributed by atoms with Crippen LogP contribution in [0.4, 0.5) is 0 Å². The lowest BCUT2D eigenvalue weighted by molar-refractivity contribution is 0.112. The molecule has 0 amide bonds. The standard InChI is InChI=1S/C13H17N3O3/c1-4-11-14-15-13(19-11)12-8(2)10(7-18)9(3)16(12)5-6-17/h7,17H,4-6H2,1-3H3. The van der Waals surface area contributed by atoms with Crippen molar-refractivity contribution in [2.45, 2.75) is 33.7 Å². The van der Waals surface area contributed by atoms with Crippen LogP contribution in [0.15, 0.2) is 4.42 Å². The summed E-state index contributed by atoms with van der Waals surface area (Å²) in [5.74, 6) is 0.940. The van der Waals surface area contributed by atoms with Crippen molar-refractivity contribution in [1.29, 1.82) is 0 Å². The Hall–Kier alpha value is -1.95. The maximum Gasteiger partial charge on any atom is 0.264 e. The van der Waals surface area contributed by atoms with Gasteiger partial charge in [-0.15, -0.1) is 10.2 Å². The van der Waals surface area contributed by atoms with Crippen LogP contribution in [0.5, 0.6) is 0 Å². The van der Waals surface area contributed by atoms with Crippen molar-refractivity contribution in [3.8, 4) is 11.6 Å². The molecule has 0 bridgehead atoms. The van der Waals surface area contributed by atoms with Gasteiger partial charge in [0.05, 0.1) is 6.61 Å². The summed E-state index contributed by atoms with van der Waals surface area (Å²) in [6.45, 7) is 5.98. The average Bonchev–Trinajstić information content (AvgIpc) is 2.95. The number of nitrogens with zero attached hydrogens (tertiary/aromatic N) is 3. The van der Waals surface area contributed by atoms with Crippen molar-refractivity contribution in [3.05, 3.63) is 22.7 Å². The summed E-state index contributed by atoms with van der Waals surface area (Å²) in [6, 6.07) is 0. The van der Waals surface area contributed by atoms with Gasteiger partial charge in [-0.05, 0) is 19.4 Å². The van der Waals surface area contributed by atoms with Gasteiger partial charge in [0, 0.05) is 24.2 Å². The highest BCUT2D eigenvalue weighted by molar-refractivity contribution is 5.83. The summed E-state index contributed by atoms with van der Waals surface area (Å²) in [4.78, 5) is 11.2. The molecule has 6 nitrogen and oxygen atoms in total. The number of carbonyl (C=O) groups is 1. The van der Waals surface area contributed by atoms with E-state index in [-0.39, 0.29) is 6.61 Å². The molecule has 0 aliphatic carbocycles. The third kappa shape index (κ3) is 2.19. The van der Waals surface area contributed by atoms with Gasteiger partial charge >= 0.3 is 0 Å². The van der Waals surface area contributed by atoms with E-state index < -0.39 is 0 Å². The SMILES string of the molecule is CCc1nnc(-c2c(C)c(C=O)c(C)n2CCO)o1. The molecule has 0 aliphatic rings. The molecule has 0 spiro atoms. The van der Waals surface area contributed by atoms with Gasteiger partial charge in [-0.25, -0.2) is 0 Å². The second-order valence-electron chi connectivity index (χ2n) is 4.32. The highest BCUT2D eigenvalue weighted by atomic mass is 16.4. The summed E-state index contributed by atoms with van der Waals surface area (Å²) >= 11 is 0. The topological polar surface area (TPSA) is 81.2 Å². The van der Waals surface area contributed by atoms with Crippen molar-refractivity contribution in [3.63, 3.8) is 0 Å². The molecule has 19 heavy (non-hydrogen) atoms. The summed E-state index contributed by atoms with van der Waals surface area (Å²) in [5.41, 5.74) is 2.92. The van der Waals surface area contributed by atoms with Gasteiger partial charge in [0.1, 0.15) is 5.69 Å². The van der Waals surface area contributed by atoms with Crippen LogP contribution in [0.3, 0.4) is 0 Å². The third-order valence-corrected chi connectivity index (χ3v) is 3.24. The van der Waals surface area contributed by atoms with E-state index in [1.165, 1.54) is 0 Å². The van der Waals surface area contributed by atoms with E-state index in [9.17, 15) is 4.79 Å². The molecule has 2 heterocycles. The summed E-state index contributed by atoms with van der Waals surface area (Å²) < 4.78 is 7.40. The average molecular weight is 263 g/mol. The number of aryl methyl sites for hydroxylation is 1. The monoisotopic (exact) mass is 263 g/mol. The molecule has 0 saturated heterocycles. The second-order valence-corrected chi connectivity index (χ2v) is 4.32. The van der Waals surface area contributed by atoms with Crippen LogP contribution in [0, 0.1) is 13.8 Å². The number of hydrogen-bond donors (Lipinski definition) is 1. The zero-order valence-corrected chi connectivity index (χ0v) is 11.3. The van der Waals surface area contributed by atoms with Gasteiger partial charge in [0.25, 0.3) is 5.89 Å². The van der Waals surface area contributed by atoms with Gasteiger partial charge < -0.3 is 14.1 Å². The van der Waals surface area contributed by atoms with Crippen molar-refractivity contribution in [2.75, 3.05) is 6.61 Å². The number of aliphatic hydroxyl groups excluding tert-OH is 1. The lowest BCUT2D eigenvalue weighted by Gasteiger charge is -2.07. The lowest BCUT2D eigenvalue weighted by Crippen LogP contribution is -2.06. The molecule has 0 saturated carbocycles. The van der Waals surface area contributed by atoms with Crippen LogP contribution >= 0.6 is 0 Å². The van der Waals surface area contributed by atoms with Crippen molar-refractivity contribution in [2.24, 2.45) is 0 Å². The Labute approximate surface area is 111 Å². The highest BCUT2D eigenvalue weighted by Crippen LogP contribution is 2.29. The molecule has 0 unspecified atom stereocenters. The van der Waals surface area contributed by atoms with Crippen LogP contribution < -0.4 is 0 Å². The van der Waals surface area contributed by atoms with Crippen LogP contribution in [-0.2, 0) is 13.0 Å². The van der Waals surface area contributed by atoms with E-state index in [1.807, 2.05) is 25.3 Å². The minimum absolute atomic E-state index is 0.0188.